The summed E-state index contributed by atoms with van der Waals surface area (Å²) in [5, 5.41) is 0.516. The number of amides is 1. The van der Waals surface area contributed by atoms with Gasteiger partial charge in [0.15, 0.2) is 5.43 Å². The number of hydrogen-bond acceptors (Lipinski definition) is 5. The van der Waals surface area contributed by atoms with Crippen molar-refractivity contribution >= 4 is 16.9 Å². The Morgan fingerprint density at radius 3 is 2.42 bits per heavy atom. The number of rotatable bonds is 9. The van der Waals surface area contributed by atoms with Crippen molar-refractivity contribution in [2.75, 3.05) is 32.8 Å². The summed E-state index contributed by atoms with van der Waals surface area (Å²) < 4.78 is 11.6. The van der Waals surface area contributed by atoms with E-state index >= 15 is 0 Å². The topological polar surface area (TPSA) is 63.0 Å². The molecule has 2 heterocycles. The Labute approximate surface area is 194 Å². The molecule has 3 aromatic rings. The van der Waals surface area contributed by atoms with Gasteiger partial charge in [0.1, 0.15) is 11.3 Å². The molecule has 0 fully saturated rings. The van der Waals surface area contributed by atoms with E-state index in [1.54, 1.807) is 11.0 Å². The molecule has 6 nitrogen and oxygen atoms in total. The molecular formula is C27H32N2O4. The highest BCUT2D eigenvalue weighted by molar-refractivity contribution is 5.99. The van der Waals surface area contributed by atoms with Crippen LogP contribution in [-0.4, -0.2) is 48.5 Å². The van der Waals surface area contributed by atoms with Gasteiger partial charge in [0.05, 0.1) is 23.6 Å². The van der Waals surface area contributed by atoms with Crippen LogP contribution in [0.4, 0.5) is 0 Å². The molecule has 4 rings (SSSR count). The van der Waals surface area contributed by atoms with Crippen LogP contribution in [-0.2, 0) is 0 Å². The molecule has 0 aliphatic carbocycles. The smallest absolute Gasteiger partial charge is 0.290 e. The maximum Gasteiger partial charge on any atom is 0.290 e. The molecule has 0 N–H and O–H groups in total. The molecule has 33 heavy (non-hydrogen) atoms. The fourth-order valence-electron chi connectivity index (χ4n) is 4.63. The van der Waals surface area contributed by atoms with Gasteiger partial charge in [0.25, 0.3) is 5.91 Å². The van der Waals surface area contributed by atoms with E-state index in [1.807, 2.05) is 50.2 Å². The number of hydrogen-bond donors (Lipinski definition) is 0. The summed E-state index contributed by atoms with van der Waals surface area (Å²) in [5.41, 5.74) is 2.62. The number of carbonyl (C=O) groups excluding carboxylic acids is 1. The normalized spacial score (nSPS) is 15.5. The number of aryl methyl sites for hydroxylation is 1. The van der Waals surface area contributed by atoms with E-state index in [4.69, 9.17) is 9.15 Å². The van der Waals surface area contributed by atoms with Gasteiger partial charge in [-0.2, -0.15) is 0 Å². The van der Waals surface area contributed by atoms with Crippen molar-refractivity contribution in [1.82, 2.24) is 9.80 Å². The van der Waals surface area contributed by atoms with Crippen molar-refractivity contribution in [1.29, 1.82) is 0 Å². The lowest BCUT2D eigenvalue weighted by molar-refractivity contribution is 0.0720. The summed E-state index contributed by atoms with van der Waals surface area (Å²) in [4.78, 5) is 31.2. The predicted octanol–water partition coefficient (Wildman–Crippen LogP) is 4.78. The van der Waals surface area contributed by atoms with Crippen molar-refractivity contribution < 1.29 is 13.9 Å². The Morgan fingerprint density at radius 2 is 1.76 bits per heavy atom. The Bertz CT molecular complexity index is 1200. The lowest BCUT2D eigenvalue weighted by Gasteiger charge is -2.26. The molecule has 1 amide bonds. The Morgan fingerprint density at radius 1 is 1.03 bits per heavy atom. The van der Waals surface area contributed by atoms with Crippen LogP contribution in [0.1, 0.15) is 60.5 Å². The molecule has 0 radical (unpaired) electrons. The number of ether oxygens (including phenoxy) is 1. The highest BCUT2D eigenvalue weighted by atomic mass is 16.5. The predicted molar refractivity (Wildman–Crippen MR) is 130 cm³/mol. The van der Waals surface area contributed by atoms with Gasteiger partial charge in [-0.05, 0) is 69.7 Å². The third kappa shape index (κ3) is 4.40. The molecule has 0 saturated heterocycles. The van der Waals surface area contributed by atoms with Gasteiger partial charge in [0.2, 0.25) is 5.76 Å². The number of carbonyl (C=O) groups is 1. The minimum Gasteiger partial charge on any atom is -0.494 e. The van der Waals surface area contributed by atoms with Gasteiger partial charge in [-0.1, -0.05) is 37.6 Å². The van der Waals surface area contributed by atoms with Crippen LogP contribution in [0.15, 0.2) is 51.7 Å². The lowest BCUT2D eigenvalue weighted by Crippen LogP contribution is -2.33. The third-order valence-corrected chi connectivity index (χ3v) is 6.40. The molecule has 2 aromatic carbocycles. The van der Waals surface area contributed by atoms with Crippen LogP contribution in [0.3, 0.4) is 0 Å². The summed E-state index contributed by atoms with van der Waals surface area (Å²) in [6.45, 7) is 12.1. The second-order valence-electron chi connectivity index (χ2n) is 8.46. The monoisotopic (exact) mass is 448 g/mol. The van der Waals surface area contributed by atoms with Crippen molar-refractivity contribution in [3.8, 4) is 5.75 Å². The minimum absolute atomic E-state index is 0.131. The first-order valence-corrected chi connectivity index (χ1v) is 11.8. The molecule has 1 aliphatic heterocycles. The molecule has 0 bridgehead atoms. The van der Waals surface area contributed by atoms with E-state index in [-0.39, 0.29) is 17.1 Å². The summed E-state index contributed by atoms with van der Waals surface area (Å²) >= 11 is 0. The van der Waals surface area contributed by atoms with Crippen LogP contribution in [0.25, 0.3) is 11.0 Å². The molecule has 6 heteroatoms. The van der Waals surface area contributed by atoms with Crippen molar-refractivity contribution in [2.45, 2.75) is 40.2 Å². The maximum atomic E-state index is 13.6. The van der Waals surface area contributed by atoms with Crippen molar-refractivity contribution in [2.24, 2.45) is 0 Å². The van der Waals surface area contributed by atoms with Crippen molar-refractivity contribution in [3.05, 3.63) is 75.1 Å². The summed E-state index contributed by atoms with van der Waals surface area (Å²) in [6.07, 6.45) is 0.821. The van der Waals surface area contributed by atoms with Gasteiger partial charge in [-0.3, -0.25) is 9.59 Å². The Kier molecular flexibility index (Phi) is 6.84. The van der Waals surface area contributed by atoms with E-state index < -0.39 is 6.04 Å². The van der Waals surface area contributed by atoms with Gasteiger partial charge in [-0.25, -0.2) is 0 Å². The molecule has 1 aromatic heterocycles. The molecule has 1 atom stereocenters. The highest BCUT2D eigenvalue weighted by Gasteiger charge is 2.42. The van der Waals surface area contributed by atoms with Crippen LogP contribution < -0.4 is 10.2 Å². The van der Waals surface area contributed by atoms with Crippen LogP contribution in [0, 0.1) is 6.92 Å². The molecule has 174 valence electrons. The quantitative estimate of drug-likeness (QED) is 0.472. The number of benzene rings is 2. The zero-order valence-electron chi connectivity index (χ0n) is 19.9. The number of fused-ring (bicyclic) bond motifs is 2. The average molecular weight is 449 g/mol. The van der Waals surface area contributed by atoms with Gasteiger partial charge < -0.3 is 19.0 Å². The van der Waals surface area contributed by atoms with E-state index in [1.165, 1.54) is 0 Å². The second kappa shape index (κ2) is 9.79. The number of nitrogens with zero attached hydrogens (tertiary/aromatic N) is 2. The summed E-state index contributed by atoms with van der Waals surface area (Å²) in [7, 11) is 0. The van der Waals surface area contributed by atoms with Crippen LogP contribution in [0.2, 0.25) is 0 Å². The summed E-state index contributed by atoms with van der Waals surface area (Å²) in [5.74, 6) is 0.709. The third-order valence-electron chi connectivity index (χ3n) is 6.40. The fourth-order valence-corrected chi connectivity index (χ4v) is 4.63. The Hall–Kier alpha value is -3.12. The van der Waals surface area contributed by atoms with Crippen LogP contribution >= 0.6 is 0 Å². The van der Waals surface area contributed by atoms with Gasteiger partial charge in [0, 0.05) is 6.54 Å². The van der Waals surface area contributed by atoms with Gasteiger partial charge in [-0.15, -0.1) is 0 Å². The summed E-state index contributed by atoms with van der Waals surface area (Å²) in [6, 6.07) is 12.7. The molecule has 0 spiro atoms. The van der Waals surface area contributed by atoms with E-state index in [0.29, 0.717) is 29.7 Å². The second-order valence-corrected chi connectivity index (χ2v) is 8.46. The molecule has 1 aliphatic rings. The van der Waals surface area contributed by atoms with E-state index in [0.717, 1.165) is 42.9 Å². The fraction of sp³-hybridized carbons (Fsp3) is 0.407. The van der Waals surface area contributed by atoms with Gasteiger partial charge >= 0.3 is 0 Å². The maximum absolute atomic E-state index is 13.6. The zero-order chi connectivity index (χ0) is 23.5. The first-order chi connectivity index (χ1) is 16.0. The standard InChI is InChI=1S/C27H32N2O4/c1-5-28(6-2)15-8-16-29-24(19-10-12-20(13-11-19)32-7-3)23-25(30)21-17-18(4)9-14-22(21)33-26(23)27(29)31/h9-14,17,24H,5-8,15-16H2,1-4H3. The molecular weight excluding hydrogens is 416 g/mol. The molecule has 1 unspecified atom stereocenters. The first-order valence-electron chi connectivity index (χ1n) is 11.8. The van der Waals surface area contributed by atoms with E-state index in [9.17, 15) is 9.59 Å². The highest BCUT2D eigenvalue weighted by Crippen LogP contribution is 2.38. The van der Waals surface area contributed by atoms with Crippen molar-refractivity contribution in [3.63, 3.8) is 0 Å². The SMILES string of the molecule is CCOc1ccc(C2c3c(oc4ccc(C)cc4c3=O)C(=O)N2CCCN(CC)CC)cc1. The van der Waals surface area contributed by atoms with E-state index in [2.05, 4.69) is 18.7 Å². The molecule has 0 saturated carbocycles. The van der Waals surface area contributed by atoms with Crippen LogP contribution in [0.5, 0.6) is 5.75 Å². The Balaban J connectivity index is 1.78. The minimum atomic E-state index is -0.471. The first kappa shape index (κ1) is 23.1. The average Bonchev–Trinajstić information content (AvgIpc) is 3.10. The zero-order valence-corrected chi connectivity index (χ0v) is 19.9. The largest absolute Gasteiger partial charge is 0.494 e. The lowest BCUT2D eigenvalue weighted by atomic mass is 9.98.